The summed E-state index contributed by atoms with van der Waals surface area (Å²) in [5, 5.41) is 17.6. The van der Waals surface area contributed by atoms with Crippen LogP contribution in [0, 0.1) is 23.7 Å². The van der Waals surface area contributed by atoms with E-state index < -0.39 is 29.7 Å². The minimum atomic E-state index is -1.02. The minimum absolute atomic E-state index is 0.0555. The first kappa shape index (κ1) is 28.7. The number of aliphatic carboxylic acids is 1. The van der Waals surface area contributed by atoms with Gasteiger partial charge in [0.15, 0.2) is 0 Å². The number of hydrogen-bond acceptors (Lipinski definition) is 5. The first-order valence-electron chi connectivity index (χ1n) is 12.1. The molecular weight excluding hydrogens is 426 g/mol. The summed E-state index contributed by atoms with van der Waals surface area (Å²) in [6.45, 7) is 13.2. The van der Waals surface area contributed by atoms with Gasteiger partial charge in [-0.2, -0.15) is 0 Å². The van der Waals surface area contributed by atoms with Crippen LogP contribution in [0.4, 0.5) is 4.79 Å². The molecule has 0 aromatic rings. The fourth-order valence-electron chi connectivity index (χ4n) is 3.90. The van der Waals surface area contributed by atoms with Gasteiger partial charge in [0.25, 0.3) is 0 Å². The maximum atomic E-state index is 12.8. The third-order valence-corrected chi connectivity index (χ3v) is 6.18. The highest BCUT2D eigenvalue weighted by Gasteiger charge is 2.32. The summed E-state index contributed by atoms with van der Waals surface area (Å²) < 4.78 is 5.29. The molecule has 3 amide bonds. The van der Waals surface area contributed by atoms with Crippen LogP contribution in [0.5, 0.6) is 0 Å². The number of rotatable bonds is 10. The van der Waals surface area contributed by atoms with E-state index in [1.165, 1.54) is 0 Å². The van der Waals surface area contributed by atoms with Crippen molar-refractivity contribution in [2.24, 2.45) is 23.7 Å². The molecule has 0 aromatic carbocycles. The molecule has 0 radical (unpaired) electrons. The second-order valence-electron chi connectivity index (χ2n) is 10.5. The van der Waals surface area contributed by atoms with Crippen LogP contribution >= 0.6 is 0 Å². The van der Waals surface area contributed by atoms with Gasteiger partial charge in [-0.15, -0.1) is 0 Å². The van der Waals surface area contributed by atoms with Gasteiger partial charge in [0, 0.05) is 12.5 Å². The number of nitrogens with one attached hydrogen (secondary N) is 3. The molecule has 0 bridgehead atoms. The Bertz CT molecular complexity index is 680. The molecule has 0 heterocycles. The number of carboxylic acids is 1. The number of amides is 3. The molecule has 1 aliphatic rings. The third kappa shape index (κ3) is 10.0. The van der Waals surface area contributed by atoms with Crippen LogP contribution in [-0.4, -0.2) is 53.2 Å². The molecule has 190 valence electrons. The van der Waals surface area contributed by atoms with Crippen LogP contribution in [-0.2, 0) is 19.1 Å². The maximum absolute atomic E-state index is 12.8. The van der Waals surface area contributed by atoms with Crippen molar-refractivity contribution in [2.45, 2.75) is 98.3 Å². The predicted molar refractivity (Wildman–Crippen MR) is 125 cm³/mol. The Morgan fingerprint density at radius 3 is 2.00 bits per heavy atom. The van der Waals surface area contributed by atoms with Crippen molar-refractivity contribution in [3.63, 3.8) is 0 Å². The second kappa shape index (κ2) is 12.8. The van der Waals surface area contributed by atoms with Gasteiger partial charge in [0.05, 0.1) is 0 Å². The van der Waals surface area contributed by atoms with Crippen LogP contribution in [0.15, 0.2) is 0 Å². The Morgan fingerprint density at radius 2 is 1.55 bits per heavy atom. The van der Waals surface area contributed by atoms with Crippen LogP contribution in [0.2, 0.25) is 0 Å². The van der Waals surface area contributed by atoms with E-state index in [2.05, 4.69) is 16.0 Å². The summed E-state index contributed by atoms with van der Waals surface area (Å²) in [4.78, 5) is 48.8. The average molecular weight is 470 g/mol. The van der Waals surface area contributed by atoms with Crippen molar-refractivity contribution in [2.75, 3.05) is 6.54 Å². The Hall–Kier alpha value is -2.32. The van der Waals surface area contributed by atoms with Gasteiger partial charge in [-0.25, -0.2) is 9.59 Å². The SMILES string of the molecule is CC[C@H](C)[C@H](NC(=O)OC(C)(C)C)C(=O)NCC1CCC(C(=O)N[C@H](C(=O)O)C(C)C)CC1. The third-order valence-electron chi connectivity index (χ3n) is 6.18. The van der Waals surface area contributed by atoms with Crippen molar-refractivity contribution in [1.29, 1.82) is 0 Å². The molecule has 1 aliphatic carbocycles. The summed E-state index contributed by atoms with van der Waals surface area (Å²) in [6, 6.07) is -1.57. The Kier molecular flexibility index (Phi) is 11.1. The van der Waals surface area contributed by atoms with Crippen molar-refractivity contribution < 1.29 is 29.0 Å². The highest BCUT2D eigenvalue weighted by Crippen LogP contribution is 2.29. The molecule has 1 saturated carbocycles. The molecule has 0 saturated heterocycles. The number of ether oxygens (including phenoxy) is 1. The van der Waals surface area contributed by atoms with Crippen molar-refractivity contribution >= 4 is 23.9 Å². The summed E-state index contributed by atoms with van der Waals surface area (Å²) in [5.41, 5.74) is -0.648. The summed E-state index contributed by atoms with van der Waals surface area (Å²) >= 11 is 0. The smallest absolute Gasteiger partial charge is 0.408 e. The Morgan fingerprint density at radius 1 is 0.970 bits per heavy atom. The molecule has 0 aromatic heterocycles. The lowest BCUT2D eigenvalue weighted by atomic mass is 9.81. The fraction of sp³-hybridized carbons (Fsp3) is 0.833. The zero-order valence-electron chi connectivity index (χ0n) is 21.2. The van der Waals surface area contributed by atoms with E-state index in [0.29, 0.717) is 19.4 Å². The summed E-state index contributed by atoms with van der Waals surface area (Å²) in [5.74, 6) is -1.69. The molecule has 33 heavy (non-hydrogen) atoms. The largest absolute Gasteiger partial charge is 0.480 e. The highest BCUT2D eigenvalue weighted by molar-refractivity contribution is 5.86. The van der Waals surface area contributed by atoms with E-state index in [1.807, 2.05) is 13.8 Å². The first-order chi connectivity index (χ1) is 15.2. The van der Waals surface area contributed by atoms with E-state index in [1.54, 1.807) is 34.6 Å². The van der Waals surface area contributed by atoms with Gasteiger partial charge in [0.2, 0.25) is 11.8 Å². The highest BCUT2D eigenvalue weighted by atomic mass is 16.6. The van der Waals surface area contributed by atoms with Crippen molar-refractivity contribution in [1.82, 2.24) is 16.0 Å². The molecular formula is C24H43N3O6. The predicted octanol–water partition coefficient (Wildman–Crippen LogP) is 3.07. The monoisotopic (exact) mass is 469 g/mol. The fourth-order valence-corrected chi connectivity index (χ4v) is 3.90. The zero-order chi connectivity index (χ0) is 25.3. The quantitative estimate of drug-likeness (QED) is 0.388. The lowest BCUT2D eigenvalue weighted by Crippen LogP contribution is -2.52. The average Bonchev–Trinajstić information content (AvgIpc) is 2.72. The Labute approximate surface area is 197 Å². The summed E-state index contributed by atoms with van der Waals surface area (Å²) in [6.07, 6.45) is 2.96. The molecule has 0 unspecified atom stereocenters. The molecule has 3 atom stereocenters. The van der Waals surface area contributed by atoms with Crippen LogP contribution in [0.1, 0.15) is 80.6 Å². The van der Waals surface area contributed by atoms with Crippen molar-refractivity contribution in [3.05, 3.63) is 0 Å². The molecule has 9 heteroatoms. The maximum Gasteiger partial charge on any atom is 0.408 e. The number of carboxylic acid groups (broad SMARTS) is 1. The number of hydrogen-bond donors (Lipinski definition) is 4. The second-order valence-corrected chi connectivity index (χ2v) is 10.5. The molecule has 0 spiro atoms. The van der Waals surface area contributed by atoms with E-state index >= 15 is 0 Å². The van der Waals surface area contributed by atoms with Crippen LogP contribution < -0.4 is 16.0 Å². The molecule has 9 nitrogen and oxygen atoms in total. The normalized spacial score (nSPS) is 21.5. The van der Waals surface area contributed by atoms with E-state index in [-0.39, 0.29) is 35.5 Å². The van der Waals surface area contributed by atoms with Gasteiger partial charge in [0.1, 0.15) is 17.7 Å². The first-order valence-corrected chi connectivity index (χ1v) is 12.1. The van der Waals surface area contributed by atoms with Crippen LogP contribution in [0.3, 0.4) is 0 Å². The number of carbonyl (C=O) groups excluding carboxylic acids is 3. The van der Waals surface area contributed by atoms with Gasteiger partial charge >= 0.3 is 12.1 Å². The van der Waals surface area contributed by atoms with Crippen molar-refractivity contribution in [3.8, 4) is 0 Å². The molecule has 0 aliphatic heterocycles. The van der Waals surface area contributed by atoms with Gasteiger partial charge in [-0.3, -0.25) is 9.59 Å². The zero-order valence-corrected chi connectivity index (χ0v) is 21.2. The lowest BCUT2D eigenvalue weighted by Gasteiger charge is -2.30. The molecule has 4 N–H and O–H groups in total. The molecule has 1 fully saturated rings. The topological polar surface area (TPSA) is 134 Å². The van der Waals surface area contributed by atoms with E-state index in [4.69, 9.17) is 4.74 Å². The summed E-state index contributed by atoms with van der Waals surface area (Å²) in [7, 11) is 0. The minimum Gasteiger partial charge on any atom is -0.480 e. The van der Waals surface area contributed by atoms with E-state index in [9.17, 15) is 24.3 Å². The Balaban J connectivity index is 2.55. The van der Waals surface area contributed by atoms with Gasteiger partial charge in [-0.1, -0.05) is 34.1 Å². The van der Waals surface area contributed by atoms with Gasteiger partial charge in [-0.05, 0) is 64.2 Å². The molecule has 1 rings (SSSR count). The lowest BCUT2D eigenvalue weighted by molar-refractivity contribution is -0.144. The number of alkyl carbamates (subject to hydrolysis) is 1. The van der Waals surface area contributed by atoms with Gasteiger partial charge < -0.3 is 25.8 Å². The van der Waals surface area contributed by atoms with Crippen LogP contribution in [0.25, 0.3) is 0 Å². The standard InChI is InChI=1S/C24H43N3O6/c1-8-15(4)19(27-23(32)33-24(5,6)7)21(29)25-13-16-9-11-17(12-10-16)20(28)26-18(14(2)3)22(30)31/h14-19H,8-13H2,1-7H3,(H,25,29)(H,26,28)(H,27,32)(H,30,31)/t15-,16?,17?,18-,19-/m0/s1. The van der Waals surface area contributed by atoms with E-state index in [0.717, 1.165) is 19.3 Å². The number of carbonyl (C=O) groups is 4.